The third kappa shape index (κ3) is 3.30. The van der Waals surface area contributed by atoms with Crippen LogP contribution in [0.5, 0.6) is 0 Å². The van der Waals surface area contributed by atoms with Crippen LogP contribution >= 0.6 is 0 Å². The molecule has 86 valence electrons. The smallest absolute Gasteiger partial charge is 0.305 e. The lowest BCUT2D eigenvalue weighted by molar-refractivity contribution is -0.147. The van der Waals surface area contributed by atoms with Gasteiger partial charge in [0.05, 0.1) is 7.11 Å². The van der Waals surface area contributed by atoms with E-state index in [9.17, 15) is 9.59 Å². The van der Waals surface area contributed by atoms with Crippen LogP contribution in [0.25, 0.3) is 0 Å². The van der Waals surface area contributed by atoms with Crippen LogP contribution in [0.4, 0.5) is 0 Å². The standard InChI is InChI=1S/C11H18O4/c1-11(7-6-10(13)14-2)9(12)5-3-4-8-15-11/h3-8H2,1-2H3/t11-/m0/s1. The average Bonchev–Trinajstić information content (AvgIpc) is 2.39. The first-order valence-electron chi connectivity index (χ1n) is 5.32. The average molecular weight is 214 g/mol. The number of hydrogen-bond donors (Lipinski definition) is 0. The van der Waals surface area contributed by atoms with Crippen LogP contribution in [0.15, 0.2) is 0 Å². The zero-order valence-corrected chi connectivity index (χ0v) is 9.38. The highest BCUT2D eigenvalue weighted by molar-refractivity contribution is 5.87. The Bertz CT molecular complexity index is 249. The molecule has 1 saturated heterocycles. The van der Waals surface area contributed by atoms with Crippen molar-refractivity contribution in [2.75, 3.05) is 13.7 Å². The van der Waals surface area contributed by atoms with Gasteiger partial charge in [0.25, 0.3) is 0 Å². The van der Waals surface area contributed by atoms with Crippen molar-refractivity contribution in [1.82, 2.24) is 0 Å². The Labute approximate surface area is 89.9 Å². The molecule has 0 amide bonds. The molecule has 0 N–H and O–H groups in total. The van der Waals surface area contributed by atoms with Crippen molar-refractivity contribution < 1.29 is 19.1 Å². The predicted octanol–water partition coefficient (Wildman–Crippen LogP) is 1.47. The fourth-order valence-corrected chi connectivity index (χ4v) is 1.68. The molecule has 1 aliphatic rings. The maximum absolute atomic E-state index is 11.8. The highest BCUT2D eigenvalue weighted by atomic mass is 16.5. The van der Waals surface area contributed by atoms with Gasteiger partial charge in [-0.3, -0.25) is 9.59 Å². The minimum Gasteiger partial charge on any atom is -0.469 e. The normalized spacial score (nSPS) is 27.2. The van der Waals surface area contributed by atoms with Gasteiger partial charge in [-0.05, 0) is 26.2 Å². The van der Waals surface area contributed by atoms with Crippen molar-refractivity contribution in [1.29, 1.82) is 0 Å². The van der Waals surface area contributed by atoms with E-state index in [1.165, 1.54) is 7.11 Å². The second-order valence-electron chi connectivity index (χ2n) is 4.04. The fourth-order valence-electron chi connectivity index (χ4n) is 1.68. The molecule has 1 fully saturated rings. The first kappa shape index (κ1) is 12.2. The van der Waals surface area contributed by atoms with Gasteiger partial charge in [0.15, 0.2) is 5.78 Å². The SMILES string of the molecule is COC(=O)CC[C@]1(C)OCCCCC1=O. The van der Waals surface area contributed by atoms with E-state index in [0.717, 1.165) is 12.8 Å². The maximum atomic E-state index is 11.8. The highest BCUT2D eigenvalue weighted by Gasteiger charge is 2.35. The van der Waals surface area contributed by atoms with Crippen LogP contribution in [0.3, 0.4) is 0 Å². The van der Waals surface area contributed by atoms with E-state index in [4.69, 9.17) is 4.74 Å². The second-order valence-corrected chi connectivity index (χ2v) is 4.04. The van der Waals surface area contributed by atoms with Crippen LogP contribution < -0.4 is 0 Å². The van der Waals surface area contributed by atoms with Crippen molar-refractivity contribution in [2.24, 2.45) is 0 Å². The van der Waals surface area contributed by atoms with E-state index >= 15 is 0 Å². The molecule has 0 saturated carbocycles. The summed E-state index contributed by atoms with van der Waals surface area (Å²) in [5.74, 6) is -0.194. The highest BCUT2D eigenvalue weighted by Crippen LogP contribution is 2.25. The van der Waals surface area contributed by atoms with Crippen molar-refractivity contribution in [2.45, 2.75) is 44.6 Å². The number of ketones is 1. The first-order valence-corrected chi connectivity index (χ1v) is 5.32. The quantitative estimate of drug-likeness (QED) is 0.667. The van der Waals surface area contributed by atoms with E-state index < -0.39 is 5.60 Å². The molecule has 0 aromatic carbocycles. The molecule has 0 radical (unpaired) electrons. The molecule has 1 heterocycles. The van der Waals surface area contributed by atoms with Gasteiger partial charge >= 0.3 is 5.97 Å². The monoisotopic (exact) mass is 214 g/mol. The molecule has 0 bridgehead atoms. The topological polar surface area (TPSA) is 52.6 Å². The summed E-state index contributed by atoms with van der Waals surface area (Å²) in [6, 6.07) is 0. The number of carbonyl (C=O) groups is 2. The molecule has 0 aromatic rings. The van der Waals surface area contributed by atoms with Crippen LogP contribution in [0, 0.1) is 0 Å². The van der Waals surface area contributed by atoms with E-state index in [1.54, 1.807) is 6.92 Å². The summed E-state index contributed by atoms with van der Waals surface area (Å²) in [4.78, 5) is 22.8. The maximum Gasteiger partial charge on any atom is 0.305 e. The summed E-state index contributed by atoms with van der Waals surface area (Å²) in [6.07, 6.45) is 3.00. The summed E-state index contributed by atoms with van der Waals surface area (Å²) >= 11 is 0. The molecule has 0 aromatic heterocycles. The Hall–Kier alpha value is -0.900. The zero-order valence-electron chi connectivity index (χ0n) is 9.38. The predicted molar refractivity (Wildman–Crippen MR) is 54.5 cm³/mol. The molecule has 4 nitrogen and oxygen atoms in total. The van der Waals surface area contributed by atoms with Crippen molar-refractivity contribution in [3.63, 3.8) is 0 Å². The van der Waals surface area contributed by atoms with E-state index in [-0.39, 0.29) is 18.2 Å². The second kappa shape index (κ2) is 5.26. The van der Waals surface area contributed by atoms with Gasteiger partial charge in [-0.25, -0.2) is 0 Å². The molecule has 0 spiro atoms. The Morgan fingerprint density at radius 2 is 2.27 bits per heavy atom. The largest absolute Gasteiger partial charge is 0.469 e. The zero-order chi connectivity index (χ0) is 11.3. The summed E-state index contributed by atoms with van der Waals surface area (Å²) in [6.45, 7) is 2.37. The lowest BCUT2D eigenvalue weighted by Gasteiger charge is -2.26. The molecular formula is C11H18O4. The number of rotatable bonds is 3. The number of methoxy groups -OCH3 is 1. The molecular weight excluding hydrogens is 196 g/mol. The van der Waals surface area contributed by atoms with Gasteiger partial charge < -0.3 is 9.47 Å². The van der Waals surface area contributed by atoms with Crippen molar-refractivity contribution in [3.8, 4) is 0 Å². The van der Waals surface area contributed by atoms with Gasteiger partial charge in [-0.15, -0.1) is 0 Å². The lowest BCUT2D eigenvalue weighted by Crippen LogP contribution is -2.38. The summed E-state index contributed by atoms with van der Waals surface area (Å²) in [5.41, 5.74) is -0.787. The Kier molecular flexibility index (Phi) is 4.27. The summed E-state index contributed by atoms with van der Waals surface area (Å²) in [7, 11) is 1.35. The molecule has 0 aliphatic carbocycles. The van der Waals surface area contributed by atoms with Crippen molar-refractivity contribution in [3.05, 3.63) is 0 Å². The summed E-state index contributed by atoms with van der Waals surface area (Å²) in [5, 5.41) is 0. The van der Waals surface area contributed by atoms with Gasteiger partial charge in [0, 0.05) is 19.4 Å². The molecule has 15 heavy (non-hydrogen) atoms. The molecule has 1 rings (SSSR count). The lowest BCUT2D eigenvalue weighted by atomic mass is 9.92. The van der Waals surface area contributed by atoms with Gasteiger partial charge in [0.1, 0.15) is 5.60 Å². The van der Waals surface area contributed by atoms with E-state index in [0.29, 0.717) is 19.4 Å². The van der Waals surface area contributed by atoms with Gasteiger partial charge in [-0.1, -0.05) is 0 Å². The number of Topliss-reactive ketones (excluding diaryl/α,β-unsaturated/α-hetero) is 1. The van der Waals surface area contributed by atoms with Crippen LogP contribution in [0.2, 0.25) is 0 Å². The minimum atomic E-state index is -0.787. The molecule has 1 atom stereocenters. The third-order valence-electron chi connectivity index (χ3n) is 2.84. The Morgan fingerprint density at radius 1 is 1.53 bits per heavy atom. The van der Waals surface area contributed by atoms with Gasteiger partial charge in [0.2, 0.25) is 0 Å². The van der Waals surface area contributed by atoms with Crippen LogP contribution in [-0.2, 0) is 19.1 Å². The van der Waals surface area contributed by atoms with Crippen molar-refractivity contribution >= 4 is 11.8 Å². The van der Waals surface area contributed by atoms with E-state index in [1.807, 2.05) is 0 Å². The Balaban J connectivity index is 2.54. The molecule has 4 heteroatoms. The minimum absolute atomic E-state index is 0.101. The first-order chi connectivity index (χ1) is 7.08. The number of hydrogen-bond acceptors (Lipinski definition) is 4. The van der Waals surface area contributed by atoms with Crippen LogP contribution in [-0.4, -0.2) is 31.1 Å². The molecule has 1 aliphatic heterocycles. The van der Waals surface area contributed by atoms with E-state index in [2.05, 4.69) is 4.74 Å². The number of ether oxygens (including phenoxy) is 2. The van der Waals surface area contributed by atoms with Gasteiger partial charge in [-0.2, -0.15) is 0 Å². The Morgan fingerprint density at radius 3 is 2.93 bits per heavy atom. The summed E-state index contributed by atoms with van der Waals surface area (Å²) < 4.78 is 10.1. The fraction of sp³-hybridized carbons (Fsp3) is 0.818. The number of esters is 1. The third-order valence-corrected chi connectivity index (χ3v) is 2.84. The number of carbonyl (C=O) groups excluding carboxylic acids is 2. The van der Waals surface area contributed by atoms with Crippen LogP contribution in [0.1, 0.15) is 39.0 Å². The molecule has 0 unspecified atom stereocenters.